The van der Waals surface area contributed by atoms with Crippen molar-refractivity contribution >= 4 is 49.9 Å². The number of benzene rings is 2. The molecule has 1 fully saturated rings. The van der Waals surface area contributed by atoms with E-state index in [1.165, 1.54) is 19.1 Å². The second-order valence-corrected chi connectivity index (χ2v) is 15.7. The molecule has 0 bridgehead atoms. The molecule has 10 nitrogen and oxygen atoms in total. The Labute approximate surface area is 277 Å². The fourth-order valence-corrected chi connectivity index (χ4v) is 7.40. The predicted molar refractivity (Wildman–Crippen MR) is 175 cm³/mol. The van der Waals surface area contributed by atoms with Crippen molar-refractivity contribution in [1.82, 2.24) is 9.88 Å². The number of ether oxygens (including phenoxy) is 3. The van der Waals surface area contributed by atoms with Crippen LogP contribution in [0.3, 0.4) is 0 Å². The largest absolute Gasteiger partial charge is 0.497 e. The van der Waals surface area contributed by atoms with Crippen molar-refractivity contribution in [3.8, 4) is 11.5 Å². The highest BCUT2D eigenvalue weighted by atomic mass is 35.5. The molecular weight excluding hydrogens is 662 g/mol. The normalized spacial score (nSPS) is 14.7. The lowest BCUT2D eigenvalue weighted by Gasteiger charge is -2.32. The maximum Gasteiger partial charge on any atom is 0.410 e. The second-order valence-electron chi connectivity index (χ2n) is 12.5. The maximum absolute atomic E-state index is 15.7. The molecule has 2 aromatic carbocycles. The second kappa shape index (κ2) is 13.8. The number of carbonyl (C=O) groups excluding carboxylic acids is 1. The van der Waals surface area contributed by atoms with Crippen molar-refractivity contribution in [3.63, 3.8) is 0 Å². The van der Waals surface area contributed by atoms with Gasteiger partial charge in [0.25, 0.3) is 10.0 Å². The number of hydrogen-bond acceptors (Lipinski definition) is 9. The van der Waals surface area contributed by atoms with Gasteiger partial charge in [0.05, 0.1) is 43.7 Å². The Morgan fingerprint density at radius 2 is 1.87 bits per heavy atom. The Morgan fingerprint density at radius 1 is 1.17 bits per heavy atom. The van der Waals surface area contributed by atoms with E-state index in [-0.39, 0.29) is 40.4 Å². The molecule has 1 amide bonds. The average molecular weight is 701 g/mol. The van der Waals surface area contributed by atoms with E-state index in [2.05, 4.69) is 17.2 Å². The van der Waals surface area contributed by atoms with Crippen LogP contribution in [0.4, 0.5) is 24.4 Å². The number of methoxy groups -OCH3 is 2. The average Bonchev–Trinajstić information content (AvgIpc) is 3.56. The number of rotatable bonds is 13. The summed E-state index contributed by atoms with van der Waals surface area (Å²) < 4.78 is 74.8. The van der Waals surface area contributed by atoms with Crippen LogP contribution < -0.4 is 19.1 Å². The number of aromatic nitrogens is 1. The number of thiazole rings is 1. The molecule has 0 radical (unpaired) electrons. The van der Waals surface area contributed by atoms with Crippen LogP contribution in [0.5, 0.6) is 11.5 Å². The minimum absolute atomic E-state index is 0.0661. The van der Waals surface area contributed by atoms with Crippen molar-refractivity contribution in [2.75, 3.05) is 37.4 Å². The quantitative estimate of drug-likeness (QED) is 0.198. The molecule has 0 spiro atoms. The van der Waals surface area contributed by atoms with E-state index in [1.807, 2.05) is 0 Å². The van der Waals surface area contributed by atoms with Gasteiger partial charge in [0.1, 0.15) is 27.8 Å². The van der Waals surface area contributed by atoms with Crippen LogP contribution in [0.15, 0.2) is 41.4 Å². The van der Waals surface area contributed by atoms with Crippen LogP contribution in [0.25, 0.3) is 0 Å². The van der Waals surface area contributed by atoms with Gasteiger partial charge in [0.15, 0.2) is 5.13 Å². The topological polar surface area (TPSA) is 110 Å². The van der Waals surface area contributed by atoms with Gasteiger partial charge in [0.2, 0.25) is 5.13 Å². The summed E-state index contributed by atoms with van der Waals surface area (Å²) in [6.07, 6.45) is 3.12. The molecule has 3 aromatic rings. The van der Waals surface area contributed by atoms with Gasteiger partial charge in [-0.15, -0.1) is 0 Å². The monoisotopic (exact) mass is 700 g/mol. The summed E-state index contributed by atoms with van der Waals surface area (Å²) in [6, 6.07) is 6.45. The Bertz CT molecular complexity index is 1680. The molecule has 252 valence electrons. The summed E-state index contributed by atoms with van der Waals surface area (Å²) in [5, 5.41) is 2.09. The van der Waals surface area contributed by atoms with Gasteiger partial charge in [-0.1, -0.05) is 29.9 Å². The number of anilines is 2. The third kappa shape index (κ3) is 8.51. The number of amides is 1. The zero-order valence-corrected chi connectivity index (χ0v) is 29.2. The number of nitrogens with zero attached hydrogens (tertiary/aromatic N) is 3. The Balaban J connectivity index is 1.63. The Morgan fingerprint density at radius 3 is 2.43 bits per heavy atom. The van der Waals surface area contributed by atoms with Crippen molar-refractivity contribution in [1.29, 1.82) is 0 Å². The highest BCUT2D eigenvalue weighted by Crippen LogP contribution is 2.49. The number of likely N-dealkylation sites (N-methyl/N-ethyl adjacent to an activating group) is 1. The maximum atomic E-state index is 15.7. The van der Waals surface area contributed by atoms with E-state index in [9.17, 15) is 17.6 Å². The molecule has 0 unspecified atom stereocenters. The molecule has 1 heterocycles. The summed E-state index contributed by atoms with van der Waals surface area (Å²) in [5.41, 5.74) is -0.0692. The highest BCUT2D eigenvalue weighted by molar-refractivity contribution is 7.93. The fraction of sp³-hybridized carbons (Fsp3) is 0.484. The third-order valence-electron chi connectivity index (χ3n) is 7.67. The van der Waals surface area contributed by atoms with E-state index in [0.29, 0.717) is 34.8 Å². The molecular formula is C31H39ClF2N4O6S2. The lowest BCUT2D eigenvalue weighted by Crippen LogP contribution is -2.45. The van der Waals surface area contributed by atoms with Gasteiger partial charge in [-0.3, -0.25) is 0 Å². The number of hydrogen-bond donors (Lipinski definition) is 1. The number of halogens is 3. The first-order chi connectivity index (χ1) is 21.5. The van der Waals surface area contributed by atoms with E-state index in [1.54, 1.807) is 46.0 Å². The van der Waals surface area contributed by atoms with Crippen molar-refractivity contribution < 1.29 is 36.2 Å². The van der Waals surface area contributed by atoms with Gasteiger partial charge >= 0.3 is 6.09 Å². The van der Waals surface area contributed by atoms with E-state index < -0.39 is 37.6 Å². The van der Waals surface area contributed by atoms with Crippen molar-refractivity contribution in [2.45, 2.75) is 70.0 Å². The predicted octanol–water partition coefficient (Wildman–Crippen LogP) is 7.33. The van der Waals surface area contributed by atoms with Gasteiger partial charge in [-0.2, -0.15) is 4.39 Å². The number of sulfonamides is 1. The SMILES string of the molecule is COc1ccc(CN(c2ncc(F)s2)S(=O)(=O)c2cc(Cl)c(NC[C@H](CC3(C)CC3)N(C)C(=O)OC(C)(C)C)cc2F)c(OC)c1. The van der Waals surface area contributed by atoms with Crippen molar-refractivity contribution in [2.24, 2.45) is 5.41 Å². The molecule has 1 atom stereocenters. The lowest BCUT2D eigenvalue weighted by molar-refractivity contribution is 0.0210. The zero-order chi connectivity index (χ0) is 34.0. The first-order valence-electron chi connectivity index (χ1n) is 14.5. The first kappa shape index (κ1) is 35.5. The Hall–Kier alpha value is -3.36. The van der Waals surface area contributed by atoms with E-state index in [0.717, 1.165) is 35.5 Å². The fourth-order valence-electron chi connectivity index (χ4n) is 4.78. The van der Waals surface area contributed by atoms with Gasteiger partial charge in [-0.05, 0) is 69.7 Å². The zero-order valence-electron chi connectivity index (χ0n) is 26.8. The lowest BCUT2D eigenvalue weighted by atomic mass is 9.98. The van der Waals surface area contributed by atoms with Gasteiger partial charge < -0.3 is 24.4 Å². The van der Waals surface area contributed by atoms with Crippen molar-refractivity contribution in [3.05, 3.63) is 58.1 Å². The minimum Gasteiger partial charge on any atom is -0.497 e. The smallest absolute Gasteiger partial charge is 0.410 e. The third-order valence-corrected chi connectivity index (χ3v) is 10.7. The molecule has 1 N–H and O–H groups in total. The molecule has 1 aromatic heterocycles. The van der Waals surface area contributed by atoms with Crippen LogP contribution in [-0.2, 0) is 21.3 Å². The summed E-state index contributed by atoms with van der Waals surface area (Å²) in [4.78, 5) is 17.6. The van der Waals surface area contributed by atoms with Crippen LogP contribution in [0.1, 0.15) is 52.5 Å². The van der Waals surface area contributed by atoms with Gasteiger partial charge in [-0.25, -0.2) is 26.9 Å². The summed E-state index contributed by atoms with van der Waals surface area (Å²) in [7, 11) is -0.134. The molecule has 1 saturated carbocycles. The summed E-state index contributed by atoms with van der Waals surface area (Å²) >= 11 is 7.03. The number of carbonyl (C=O) groups is 1. The minimum atomic E-state index is -4.67. The standard InChI is InChI=1S/C31H39ClF2N4O6S2/c1-30(2,3)44-29(39)37(5)20(15-31(4)10-11-31)16-35-24-14-23(33)26(13-22(24)32)46(40,41)38(28-36-17-27(34)45-28)18-19-8-9-21(42-6)12-25(19)43-7/h8-9,12-14,17,20,35H,10-11,15-16,18H2,1-7H3/t20-/m0/s1. The van der Waals surface area contributed by atoms with Crippen LogP contribution in [0, 0.1) is 16.4 Å². The van der Waals surface area contributed by atoms with Gasteiger partial charge in [0, 0.05) is 25.2 Å². The molecule has 46 heavy (non-hydrogen) atoms. The van der Waals surface area contributed by atoms with Crippen LogP contribution >= 0.6 is 22.9 Å². The summed E-state index contributed by atoms with van der Waals surface area (Å²) in [5.74, 6) is -0.301. The molecule has 15 heteroatoms. The summed E-state index contributed by atoms with van der Waals surface area (Å²) in [6.45, 7) is 7.34. The number of nitrogens with one attached hydrogen (secondary N) is 1. The highest BCUT2D eigenvalue weighted by Gasteiger charge is 2.41. The molecule has 1 aliphatic rings. The first-order valence-corrected chi connectivity index (χ1v) is 17.1. The molecule has 0 aliphatic heterocycles. The van der Waals surface area contributed by atoms with E-state index in [4.69, 9.17) is 25.8 Å². The van der Waals surface area contributed by atoms with E-state index >= 15 is 4.39 Å². The molecule has 0 saturated heterocycles. The molecule has 4 rings (SSSR count). The van der Waals surface area contributed by atoms with Crippen LogP contribution in [0.2, 0.25) is 5.02 Å². The molecule has 1 aliphatic carbocycles. The van der Waals surface area contributed by atoms with Crippen LogP contribution in [-0.4, -0.2) is 63.8 Å². The Kier molecular flexibility index (Phi) is 10.6.